The number of aromatic nitrogens is 1. The zero-order valence-electron chi connectivity index (χ0n) is 11.3. The van der Waals surface area contributed by atoms with Crippen molar-refractivity contribution in [2.45, 2.75) is 44.4 Å². The fourth-order valence-corrected chi connectivity index (χ4v) is 3.68. The predicted octanol–water partition coefficient (Wildman–Crippen LogP) is 3.38. The first-order valence-electron chi connectivity index (χ1n) is 6.62. The van der Waals surface area contributed by atoms with Gasteiger partial charge in [0.05, 0.1) is 4.92 Å². The van der Waals surface area contributed by atoms with E-state index in [2.05, 4.69) is 17.2 Å². The van der Waals surface area contributed by atoms with Crippen LogP contribution in [0.1, 0.15) is 31.9 Å². The van der Waals surface area contributed by atoms with Crippen LogP contribution >= 0.6 is 11.8 Å². The highest BCUT2D eigenvalue weighted by molar-refractivity contribution is 7.99. The van der Waals surface area contributed by atoms with E-state index in [9.17, 15) is 10.1 Å². The lowest BCUT2D eigenvalue weighted by Crippen LogP contribution is -2.27. The first-order valence-corrected chi connectivity index (χ1v) is 7.67. The molecule has 0 spiro atoms. The highest BCUT2D eigenvalue weighted by Gasteiger charge is 2.29. The summed E-state index contributed by atoms with van der Waals surface area (Å²) in [5.41, 5.74) is 0.864. The van der Waals surface area contributed by atoms with Crippen molar-refractivity contribution in [3.8, 4) is 0 Å². The Morgan fingerprint density at radius 2 is 2.32 bits per heavy atom. The van der Waals surface area contributed by atoms with Gasteiger partial charge >= 0.3 is 5.69 Å². The third kappa shape index (κ3) is 3.37. The molecule has 0 aliphatic heterocycles. The highest BCUT2D eigenvalue weighted by atomic mass is 32.2. The van der Waals surface area contributed by atoms with E-state index in [0.717, 1.165) is 17.9 Å². The normalized spacial score (nSPS) is 22.4. The van der Waals surface area contributed by atoms with Gasteiger partial charge in [0.15, 0.2) is 0 Å². The van der Waals surface area contributed by atoms with Gasteiger partial charge in [0, 0.05) is 23.1 Å². The van der Waals surface area contributed by atoms with Crippen LogP contribution in [0.2, 0.25) is 0 Å². The van der Waals surface area contributed by atoms with Gasteiger partial charge in [-0.25, -0.2) is 4.98 Å². The molecule has 2 atom stereocenters. The molecule has 1 fully saturated rings. The van der Waals surface area contributed by atoms with Crippen molar-refractivity contribution in [2.24, 2.45) is 0 Å². The maximum absolute atomic E-state index is 11.0. The minimum atomic E-state index is -0.369. The van der Waals surface area contributed by atoms with Gasteiger partial charge in [-0.05, 0) is 31.6 Å². The fraction of sp³-hybridized carbons (Fsp3) is 0.615. The molecule has 1 aromatic heterocycles. The van der Waals surface area contributed by atoms with E-state index in [4.69, 9.17) is 0 Å². The Hall–Kier alpha value is -1.30. The van der Waals surface area contributed by atoms with Crippen molar-refractivity contribution in [3.63, 3.8) is 0 Å². The summed E-state index contributed by atoms with van der Waals surface area (Å²) < 4.78 is 0. The minimum Gasteiger partial charge on any atom is -0.360 e. The molecule has 1 aliphatic rings. The fourth-order valence-electron chi connectivity index (χ4n) is 2.48. The average Bonchev–Trinajstić information content (AvgIpc) is 2.77. The van der Waals surface area contributed by atoms with Gasteiger partial charge in [0.1, 0.15) is 0 Å². The second-order valence-corrected chi connectivity index (χ2v) is 6.27. The number of hydrogen-bond acceptors (Lipinski definition) is 5. The van der Waals surface area contributed by atoms with Crippen LogP contribution in [0.25, 0.3) is 0 Å². The molecule has 104 valence electrons. The second-order valence-electron chi connectivity index (χ2n) is 4.75. The zero-order valence-corrected chi connectivity index (χ0v) is 12.1. The number of thioether (sulfide) groups is 1. The van der Waals surface area contributed by atoms with Gasteiger partial charge in [-0.1, -0.05) is 13.3 Å². The average molecular weight is 281 g/mol. The Bertz CT molecular complexity index is 467. The predicted molar refractivity (Wildman–Crippen MR) is 78.8 cm³/mol. The largest absolute Gasteiger partial charge is 0.360 e. The van der Waals surface area contributed by atoms with E-state index in [-0.39, 0.29) is 16.7 Å². The number of aryl methyl sites for hydroxylation is 1. The summed E-state index contributed by atoms with van der Waals surface area (Å²) >= 11 is 1.92. The number of nitro groups is 1. The van der Waals surface area contributed by atoms with Crippen LogP contribution in [0.5, 0.6) is 0 Å². The first-order chi connectivity index (χ1) is 9.11. The van der Waals surface area contributed by atoms with E-state index in [0.29, 0.717) is 11.1 Å². The molecule has 0 radical (unpaired) electrons. The van der Waals surface area contributed by atoms with Crippen LogP contribution in [0.15, 0.2) is 12.1 Å². The standard InChI is InChI=1S/C13H19N3O2S/c1-3-19-12-6-4-5-10(12)15-13-11(16(17)18)8-7-9(2)14-13/h7-8,10,12H,3-6H2,1-2H3,(H,14,15). The highest BCUT2D eigenvalue weighted by Crippen LogP contribution is 2.33. The summed E-state index contributed by atoms with van der Waals surface area (Å²) in [5.74, 6) is 1.49. The van der Waals surface area contributed by atoms with Crippen LogP contribution < -0.4 is 5.32 Å². The lowest BCUT2D eigenvalue weighted by molar-refractivity contribution is -0.384. The van der Waals surface area contributed by atoms with Crippen molar-refractivity contribution in [1.82, 2.24) is 4.98 Å². The molecule has 1 heterocycles. The molecule has 1 aromatic rings. The molecule has 0 saturated heterocycles. The van der Waals surface area contributed by atoms with Crippen molar-refractivity contribution >= 4 is 23.3 Å². The van der Waals surface area contributed by atoms with Gasteiger partial charge in [0.2, 0.25) is 5.82 Å². The van der Waals surface area contributed by atoms with E-state index < -0.39 is 0 Å². The molecule has 1 aliphatic carbocycles. The maximum atomic E-state index is 11.0. The summed E-state index contributed by atoms with van der Waals surface area (Å²) in [4.78, 5) is 15.0. The number of pyridine rings is 1. The SMILES string of the molecule is CCSC1CCCC1Nc1nc(C)ccc1[N+](=O)[O-]. The number of anilines is 1. The summed E-state index contributed by atoms with van der Waals surface area (Å²) in [5, 5.41) is 14.9. The molecule has 0 aromatic carbocycles. The third-order valence-corrected chi connectivity index (χ3v) is 4.69. The quantitative estimate of drug-likeness (QED) is 0.662. The molecule has 2 rings (SSSR count). The molecule has 5 nitrogen and oxygen atoms in total. The Labute approximate surface area is 117 Å². The number of nitrogens with zero attached hydrogens (tertiary/aromatic N) is 2. The monoisotopic (exact) mass is 281 g/mol. The van der Waals surface area contributed by atoms with Crippen LogP contribution in [-0.4, -0.2) is 27.0 Å². The Morgan fingerprint density at radius 3 is 3.00 bits per heavy atom. The summed E-state index contributed by atoms with van der Waals surface area (Å²) in [6, 6.07) is 3.50. The van der Waals surface area contributed by atoms with Gasteiger partial charge < -0.3 is 5.32 Å². The molecule has 0 amide bonds. The van der Waals surface area contributed by atoms with Crippen LogP contribution in [-0.2, 0) is 0 Å². The van der Waals surface area contributed by atoms with E-state index in [1.165, 1.54) is 18.9 Å². The van der Waals surface area contributed by atoms with Gasteiger partial charge in [-0.3, -0.25) is 10.1 Å². The minimum absolute atomic E-state index is 0.0674. The van der Waals surface area contributed by atoms with Crippen molar-refractivity contribution in [3.05, 3.63) is 27.9 Å². The Kier molecular flexibility index (Phi) is 4.63. The third-order valence-electron chi connectivity index (χ3n) is 3.37. The Balaban J connectivity index is 2.17. The van der Waals surface area contributed by atoms with Crippen LogP contribution in [0.3, 0.4) is 0 Å². The summed E-state index contributed by atoms with van der Waals surface area (Å²) in [7, 11) is 0. The van der Waals surface area contributed by atoms with Gasteiger partial charge in [0.25, 0.3) is 0 Å². The lowest BCUT2D eigenvalue weighted by atomic mass is 10.2. The van der Waals surface area contributed by atoms with Crippen LogP contribution in [0.4, 0.5) is 11.5 Å². The topological polar surface area (TPSA) is 68.1 Å². The number of rotatable bonds is 5. The second kappa shape index (κ2) is 6.23. The van der Waals surface area contributed by atoms with Gasteiger partial charge in [-0.15, -0.1) is 0 Å². The Morgan fingerprint density at radius 1 is 1.53 bits per heavy atom. The molecular weight excluding hydrogens is 262 g/mol. The number of hydrogen-bond donors (Lipinski definition) is 1. The molecule has 0 bridgehead atoms. The van der Waals surface area contributed by atoms with E-state index >= 15 is 0 Å². The molecular formula is C13H19N3O2S. The zero-order chi connectivity index (χ0) is 13.8. The van der Waals surface area contributed by atoms with E-state index in [1.807, 2.05) is 18.7 Å². The van der Waals surface area contributed by atoms with Gasteiger partial charge in [-0.2, -0.15) is 11.8 Å². The van der Waals surface area contributed by atoms with Crippen molar-refractivity contribution in [1.29, 1.82) is 0 Å². The first kappa shape index (κ1) is 14.1. The summed E-state index contributed by atoms with van der Waals surface area (Å²) in [6.07, 6.45) is 3.41. The number of nitrogens with one attached hydrogen (secondary N) is 1. The molecule has 1 N–H and O–H groups in total. The maximum Gasteiger partial charge on any atom is 0.311 e. The molecule has 6 heteroatoms. The van der Waals surface area contributed by atoms with Crippen molar-refractivity contribution in [2.75, 3.05) is 11.1 Å². The van der Waals surface area contributed by atoms with E-state index in [1.54, 1.807) is 6.07 Å². The van der Waals surface area contributed by atoms with Crippen LogP contribution in [0, 0.1) is 17.0 Å². The molecule has 19 heavy (non-hydrogen) atoms. The lowest BCUT2D eigenvalue weighted by Gasteiger charge is -2.20. The molecule has 1 saturated carbocycles. The van der Waals surface area contributed by atoms with Crippen molar-refractivity contribution < 1.29 is 4.92 Å². The smallest absolute Gasteiger partial charge is 0.311 e. The summed E-state index contributed by atoms with van der Waals surface area (Å²) in [6.45, 7) is 4.00. The molecule has 2 unspecified atom stereocenters.